The molecule has 4 heteroatoms. The Hall–Kier alpha value is -1.94. The van der Waals surface area contributed by atoms with Crippen LogP contribution in [0, 0.1) is 0 Å². The van der Waals surface area contributed by atoms with E-state index in [9.17, 15) is 0 Å². The number of nitrogens with zero attached hydrogens (tertiary/aromatic N) is 2. The Labute approximate surface area is 95.5 Å². The minimum atomic E-state index is 0.989. The van der Waals surface area contributed by atoms with Gasteiger partial charge in [-0.25, -0.2) is 4.98 Å². The van der Waals surface area contributed by atoms with Crippen molar-refractivity contribution in [2.45, 2.75) is 0 Å². The molecule has 1 N–H and O–H groups in total. The molecule has 1 aliphatic rings. The number of hydrogen-bond donors (Lipinski definition) is 1. The molecule has 3 nitrogen and oxygen atoms in total. The van der Waals surface area contributed by atoms with Crippen molar-refractivity contribution in [2.75, 3.05) is 5.32 Å². The maximum atomic E-state index is 4.46. The van der Waals surface area contributed by atoms with E-state index in [0.717, 1.165) is 16.7 Å². The van der Waals surface area contributed by atoms with Gasteiger partial charge in [0.15, 0.2) is 0 Å². The lowest BCUT2D eigenvalue weighted by atomic mass is 10.0. The number of hydrogen-bond acceptors (Lipinski definition) is 4. The number of anilines is 1. The van der Waals surface area contributed by atoms with E-state index in [1.54, 1.807) is 11.3 Å². The van der Waals surface area contributed by atoms with Gasteiger partial charge in [-0.1, -0.05) is 0 Å². The molecule has 0 aliphatic carbocycles. The van der Waals surface area contributed by atoms with Crippen LogP contribution < -0.4 is 5.32 Å². The number of fused-ring (bicyclic) bond motifs is 2. The highest BCUT2D eigenvalue weighted by atomic mass is 32.1. The SMILES string of the molecule is C1=Cc2ccnc3c2c(cc2scnc23)N1. The summed E-state index contributed by atoms with van der Waals surface area (Å²) in [7, 11) is 0. The minimum Gasteiger partial charge on any atom is -0.361 e. The summed E-state index contributed by atoms with van der Waals surface area (Å²) in [6.45, 7) is 0. The van der Waals surface area contributed by atoms with Crippen LogP contribution in [0.2, 0.25) is 0 Å². The van der Waals surface area contributed by atoms with Crippen LogP contribution in [0.25, 0.3) is 27.2 Å². The number of rotatable bonds is 0. The fourth-order valence-electron chi connectivity index (χ4n) is 2.15. The third kappa shape index (κ3) is 0.919. The van der Waals surface area contributed by atoms with Gasteiger partial charge in [0.25, 0.3) is 0 Å². The molecule has 1 aliphatic heterocycles. The predicted octanol–water partition coefficient (Wildman–Crippen LogP) is 3.24. The minimum absolute atomic E-state index is 0.989. The van der Waals surface area contributed by atoms with Crippen molar-refractivity contribution in [2.24, 2.45) is 0 Å². The van der Waals surface area contributed by atoms with E-state index in [-0.39, 0.29) is 0 Å². The molecule has 16 heavy (non-hydrogen) atoms. The number of thiazole rings is 1. The van der Waals surface area contributed by atoms with Gasteiger partial charge in [-0.3, -0.25) is 4.98 Å². The number of benzene rings is 1. The topological polar surface area (TPSA) is 37.8 Å². The highest BCUT2D eigenvalue weighted by Gasteiger charge is 2.13. The molecule has 0 atom stereocenters. The van der Waals surface area contributed by atoms with Gasteiger partial charge >= 0.3 is 0 Å². The van der Waals surface area contributed by atoms with Crippen molar-refractivity contribution in [1.29, 1.82) is 0 Å². The third-order valence-electron chi connectivity index (χ3n) is 2.85. The zero-order valence-electron chi connectivity index (χ0n) is 8.27. The van der Waals surface area contributed by atoms with E-state index in [1.165, 1.54) is 15.6 Å². The molecular weight excluding hydrogens is 218 g/mol. The Kier molecular flexibility index (Phi) is 1.44. The van der Waals surface area contributed by atoms with E-state index in [1.807, 2.05) is 24.0 Å². The predicted molar refractivity (Wildman–Crippen MR) is 67.6 cm³/mol. The van der Waals surface area contributed by atoms with Crippen LogP contribution in [0.15, 0.2) is 30.0 Å². The van der Waals surface area contributed by atoms with Crippen LogP contribution >= 0.6 is 11.3 Å². The highest BCUT2D eigenvalue weighted by Crippen LogP contribution is 2.36. The van der Waals surface area contributed by atoms with E-state index >= 15 is 0 Å². The maximum Gasteiger partial charge on any atom is 0.108 e. The second-order valence-corrected chi connectivity index (χ2v) is 4.61. The Morgan fingerprint density at radius 3 is 3.19 bits per heavy atom. The summed E-state index contributed by atoms with van der Waals surface area (Å²) in [5.41, 5.74) is 6.19. The summed E-state index contributed by atoms with van der Waals surface area (Å²) >= 11 is 1.65. The van der Waals surface area contributed by atoms with E-state index in [4.69, 9.17) is 0 Å². The molecule has 3 heterocycles. The first-order valence-corrected chi connectivity index (χ1v) is 5.89. The molecule has 0 radical (unpaired) electrons. The third-order valence-corrected chi connectivity index (χ3v) is 3.62. The van der Waals surface area contributed by atoms with Gasteiger partial charge in [0.1, 0.15) is 5.52 Å². The largest absolute Gasteiger partial charge is 0.361 e. The zero-order valence-corrected chi connectivity index (χ0v) is 9.08. The van der Waals surface area contributed by atoms with Gasteiger partial charge < -0.3 is 5.32 Å². The fourth-order valence-corrected chi connectivity index (χ4v) is 2.87. The average molecular weight is 225 g/mol. The van der Waals surface area contributed by atoms with Gasteiger partial charge in [-0.15, -0.1) is 11.3 Å². The first-order chi connectivity index (χ1) is 7.93. The molecule has 0 saturated heterocycles. The Morgan fingerprint density at radius 2 is 2.19 bits per heavy atom. The number of pyridine rings is 1. The second-order valence-electron chi connectivity index (χ2n) is 3.72. The summed E-state index contributed by atoms with van der Waals surface area (Å²) in [5, 5.41) is 4.44. The van der Waals surface area contributed by atoms with Crippen molar-refractivity contribution in [3.63, 3.8) is 0 Å². The van der Waals surface area contributed by atoms with Crippen molar-refractivity contribution >= 4 is 44.2 Å². The van der Waals surface area contributed by atoms with Crippen molar-refractivity contribution in [3.05, 3.63) is 35.6 Å². The summed E-state index contributed by atoms with van der Waals surface area (Å²) in [5.74, 6) is 0. The number of aromatic nitrogens is 2. The summed E-state index contributed by atoms with van der Waals surface area (Å²) < 4.78 is 1.18. The van der Waals surface area contributed by atoms with E-state index < -0.39 is 0 Å². The first-order valence-electron chi connectivity index (χ1n) is 5.01. The Morgan fingerprint density at radius 1 is 1.19 bits per heavy atom. The molecule has 3 aromatic rings. The second kappa shape index (κ2) is 2.80. The highest BCUT2D eigenvalue weighted by molar-refractivity contribution is 7.16. The molecule has 0 spiro atoms. The summed E-state index contributed by atoms with van der Waals surface area (Å²) in [6.07, 6.45) is 5.87. The lowest BCUT2D eigenvalue weighted by Crippen LogP contribution is -1.97. The van der Waals surface area contributed by atoms with Gasteiger partial charge in [0.05, 0.1) is 15.7 Å². The van der Waals surface area contributed by atoms with Crippen LogP contribution in [0.1, 0.15) is 5.56 Å². The van der Waals surface area contributed by atoms with Crippen molar-refractivity contribution in [3.8, 4) is 0 Å². The van der Waals surface area contributed by atoms with E-state index in [2.05, 4.69) is 27.4 Å². The quantitative estimate of drug-likeness (QED) is 0.638. The van der Waals surface area contributed by atoms with E-state index in [0.29, 0.717) is 0 Å². The zero-order chi connectivity index (χ0) is 10.5. The summed E-state index contributed by atoms with van der Waals surface area (Å²) in [6, 6.07) is 4.17. The molecule has 76 valence electrons. The lowest BCUT2D eigenvalue weighted by molar-refractivity contribution is 1.39. The molecule has 0 unspecified atom stereocenters. The smallest absolute Gasteiger partial charge is 0.108 e. The van der Waals surface area contributed by atoms with Gasteiger partial charge in [0.2, 0.25) is 0 Å². The Bertz CT molecular complexity index is 742. The van der Waals surface area contributed by atoms with Crippen LogP contribution in [0.4, 0.5) is 5.69 Å². The standard InChI is InChI=1S/C12H7N3S/c1-3-13-8-5-9-11(15-6-16-9)12-10(8)7(1)2-4-14-12/h1-6,13H. The average Bonchev–Trinajstić information content (AvgIpc) is 2.78. The van der Waals surface area contributed by atoms with Gasteiger partial charge in [-0.2, -0.15) is 0 Å². The van der Waals surface area contributed by atoms with Crippen molar-refractivity contribution < 1.29 is 0 Å². The van der Waals surface area contributed by atoms with Crippen molar-refractivity contribution in [1.82, 2.24) is 9.97 Å². The molecule has 0 fully saturated rings. The fraction of sp³-hybridized carbons (Fsp3) is 0. The molecule has 0 bridgehead atoms. The Balaban J connectivity index is 2.36. The monoisotopic (exact) mass is 225 g/mol. The molecule has 0 amide bonds. The molecular formula is C12H7N3S. The number of nitrogens with one attached hydrogen (secondary N) is 1. The van der Waals surface area contributed by atoms with Crippen LogP contribution in [-0.2, 0) is 0 Å². The molecule has 2 aromatic heterocycles. The van der Waals surface area contributed by atoms with Gasteiger partial charge in [0, 0.05) is 23.5 Å². The molecule has 1 aromatic carbocycles. The maximum absolute atomic E-state index is 4.46. The van der Waals surface area contributed by atoms with Crippen LogP contribution in [0.5, 0.6) is 0 Å². The molecule has 0 saturated carbocycles. The first kappa shape index (κ1) is 8.24. The van der Waals surface area contributed by atoms with Crippen LogP contribution in [-0.4, -0.2) is 9.97 Å². The normalized spacial score (nSPS) is 13.2. The lowest BCUT2D eigenvalue weighted by Gasteiger charge is -2.13. The molecule has 4 rings (SSSR count). The van der Waals surface area contributed by atoms with Gasteiger partial charge in [-0.05, 0) is 23.8 Å². The summed E-state index contributed by atoms with van der Waals surface area (Å²) in [4.78, 5) is 8.85. The van der Waals surface area contributed by atoms with Crippen LogP contribution in [0.3, 0.4) is 0 Å².